The second-order valence-electron chi connectivity index (χ2n) is 7.68. The summed E-state index contributed by atoms with van der Waals surface area (Å²) in [6.07, 6.45) is -2.19. The number of fused-ring (bicyclic) bond motifs is 1. The Kier molecular flexibility index (Phi) is 6.42. The fraction of sp³-hybridized carbons (Fsp3) is 0.304. The van der Waals surface area contributed by atoms with E-state index >= 15 is 0 Å². The molecule has 0 fully saturated rings. The highest BCUT2D eigenvalue weighted by molar-refractivity contribution is 8.00. The number of pyridine rings is 1. The number of nitriles is 1. The molecule has 6 nitrogen and oxygen atoms in total. The lowest BCUT2D eigenvalue weighted by Gasteiger charge is -2.28. The molecular formula is C23H19F3N4O2S. The molecule has 2 heterocycles. The molecule has 2 aromatic heterocycles. The molecule has 0 saturated heterocycles. The smallest absolute Gasteiger partial charge is 0.418 e. The molecule has 1 aliphatic carbocycles. The van der Waals surface area contributed by atoms with Gasteiger partial charge in [-0.3, -0.25) is 10.1 Å². The van der Waals surface area contributed by atoms with Crippen LogP contribution in [-0.2, 0) is 23.8 Å². The third kappa shape index (κ3) is 5.03. The molecule has 1 amide bonds. The predicted octanol–water partition coefficient (Wildman–Crippen LogP) is 5.27. The van der Waals surface area contributed by atoms with Crippen LogP contribution in [0.25, 0.3) is 0 Å². The first-order valence-corrected chi connectivity index (χ1v) is 11.2. The number of carbonyl (C=O) groups is 1. The molecule has 1 aromatic carbocycles. The van der Waals surface area contributed by atoms with Crippen LogP contribution in [-0.4, -0.2) is 21.6 Å². The predicted molar refractivity (Wildman–Crippen MR) is 116 cm³/mol. The van der Waals surface area contributed by atoms with E-state index < -0.39 is 23.2 Å². The molecule has 0 aliphatic heterocycles. The van der Waals surface area contributed by atoms with E-state index in [1.54, 1.807) is 13.0 Å². The van der Waals surface area contributed by atoms with Crippen molar-refractivity contribution in [2.75, 3.05) is 11.1 Å². The maximum atomic E-state index is 14.1. The highest BCUT2D eigenvalue weighted by atomic mass is 32.2. The van der Waals surface area contributed by atoms with Crippen LogP contribution in [0, 0.1) is 18.3 Å². The molecule has 33 heavy (non-hydrogen) atoms. The number of hydrogen-bond acceptors (Lipinski definition) is 6. The molecule has 1 aliphatic rings. The van der Waals surface area contributed by atoms with E-state index in [0.29, 0.717) is 24.2 Å². The molecule has 10 heteroatoms. The van der Waals surface area contributed by atoms with Crippen molar-refractivity contribution in [2.45, 2.75) is 43.3 Å². The van der Waals surface area contributed by atoms with Crippen molar-refractivity contribution in [1.82, 2.24) is 9.97 Å². The first kappa shape index (κ1) is 22.9. The van der Waals surface area contributed by atoms with Crippen molar-refractivity contribution in [3.63, 3.8) is 0 Å². The second kappa shape index (κ2) is 9.27. The lowest BCUT2D eigenvalue weighted by Crippen LogP contribution is -2.23. The van der Waals surface area contributed by atoms with Crippen LogP contribution in [0.15, 0.2) is 46.0 Å². The number of thioether (sulfide) groups is 1. The quantitative estimate of drug-likeness (QED) is 0.509. The minimum absolute atomic E-state index is 0.0000545. The molecule has 0 spiro atoms. The van der Waals surface area contributed by atoms with Crippen molar-refractivity contribution in [1.29, 1.82) is 5.26 Å². The zero-order valence-corrected chi connectivity index (χ0v) is 18.4. The average Bonchev–Trinajstić information content (AvgIpc) is 3.20. The first-order valence-electron chi connectivity index (χ1n) is 10.2. The van der Waals surface area contributed by atoms with E-state index in [1.165, 1.54) is 6.26 Å². The Hall–Kier alpha value is -3.32. The Morgan fingerprint density at radius 2 is 2.06 bits per heavy atom. The van der Waals surface area contributed by atoms with E-state index in [2.05, 4.69) is 15.3 Å². The Morgan fingerprint density at radius 3 is 2.70 bits per heavy atom. The zero-order valence-electron chi connectivity index (χ0n) is 17.6. The van der Waals surface area contributed by atoms with Crippen LogP contribution >= 0.6 is 11.8 Å². The molecule has 170 valence electrons. The molecule has 4 rings (SSSR count). The Bertz CT molecular complexity index is 1220. The summed E-state index contributed by atoms with van der Waals surface area (Å²) in [7, 11) is 0. The summed E-state index contributed by atoms with van der Waals surface area (Å²) in [4.78, 5) is 20.5. The van der Waals surface area contributed by atoms with Gasteiger partial charge in [-0.15, -0.1) is 0 Å². The Balaban J connectivity index is 1.63. The van der Waals surface area contributed by atoms with Gasteiger partial charge in [-0.1, -0.05) is 42.1 Å². The van der Waals surface area contributed by atoms with Crippen molar-refractivity contribution in [3.05, 3.63) is 70.2 Å². The molecule has 0 bridgehead atoms. The fourth-order valence-electron chi connectivity index (χ4n) is 3.97. The first-order chi connectivity index (χ1) is 15.8. The van der Waals surface area contributed by atoms with E-state index in [9.17, 15) is 23.2 Å². The van der Waals surface area contributed by atoms with Gasteiger partial charge in [-0.2, -0.15) is 23.4 Å². The fourth-order valence-corrected chi connectivity index (χ4v) is 4.77. The van der Waals surface area contributed by atoms with Gasteiger partial charge in [0.2, 0.25) is 5.91 Å². The van der Waals surface area contributed by atoms with Gasteiger partial charge in [0.15, 0.2) is 0 Å². The normalized spacial score (nSPS) is 15.5. The zero-order chi connectivity index (χ0) is 23.6. The number of halogens is 3. The van der Waals surface area contributed by atoms with Crippen LogP contribution in [0.2, 0.25) is 0 Å². The number of oxazole rings is 1. The van der Waals surface area contributed by atoms with Gasteiger partial charge in [0.1, 0.15) is 17.4 Å². The van der Waals surface area contributed by atoms with Crippen LogP contribution < -0.4 is 5.32 Å². The second-order valence-corrected chi connectivity index (χ2v) is 8.65. The minimum Gasteiger partial charge on any atom is -0.432 e. The molecule has 0 saturated carbocycles. The molecule has 1 atom stereocenters. The monoisotopic (exact) mass is 472 g/mol. The van der Waals surface area contributed by atoms with Gasteiger partial charge in [0.25, 0.3) is 0 Å². The summed E-state index contributed by atoms with van der Waals surface area (Å²) in [5, 5.41) is 12.0. The number of anilines is 1. The van der Waals surface area contributed by atoms with E-state index in [-0.39, 0.29) is 34.7 Å². The van der Waals surface area contributed by atoms with Crippen LogP contribution in [0.5, 0.6) is 0 Å². The molecule has 0 radical (unpaired) electrons. The summed E-state index contributed by atoms with van der Waals surface area (Å²) in [5.74, 6) is -0.851. The SMILES string of the molecule is Cc1coc(NC(=O)CSc2nc3c(c(C(F)(F)F)c2C#N)C[C@@H](c2ccccc2)CC3)n1. The van der Waals surface area contributed by atoms with Crippen molar-refractivity contribution < 1.29 is 22.4 Å². The van der Waals surface area contributed by atoms with Crippen molar-refractivity contribution in [2.24, 2.45) is 0 Å². The molecular weight excluding hydrogens is 453 g/mol. The number of rotatable bonds is 5. The summed E-state index contributed by atoms with van der Waals surface area (Å²) >= 11 is 0.791. The van der Waals surface area contributed by atoms with E-state index in [1.807, 2.05) is 30.3 Å². The number of benzene rings is 1. The Labute approximate surface area is 192 Å². The van der Waals surface area contributed by atoms with E-state index in [0.717, 1.165) is 17.3 Å². The van der Waals surface area contributed by atoms with E-state index in [4.69, 9.17) is 4.42 Å². The van der Waals surface area contributed by atoms with Gasteiger partial charge in [-0.25, -0.2) is 4.98 Å². The highest BCUT2D eigenvalue weighted by Crippen LogP contribution is 2.43. The van der Waals surface area contributed by atoms with Crippen LogP contribution in [0.3, 0.4) is 0 Å². The molecule has 3 aromatic rings. The number of aryl methyl sites for hydroxylation is 2. The number of nitrogens with one attached hydrogen (secondary N) is 1. The number of amides is 1. The summed E-state index contributed by atoms with van der Waals surface area (Å²) < 4.78 is 47.4. The van der Waals surface area contributed by atoms with Crippen molar-refractivity contribution in [3.8, 4) is 6.07 Å². The average molecular weight is 472 g/mol. The maximum absolute atomic E-state index is 14.1. The third-order valence-electron chi connectivity index (χ3n) is 5.40. The largest absolute Gasteiger partial charge is 0.432 e. The molecule has 0 unspecified atom stereocenters. The third-order valence-corrected chi connectivity index (χ3v) is 6.38. The standard InChI is InChI=1S/C23H19F3N4O2S/c1-13-11-32-22(28-13)30-19(31)12-33-21-17(10-27)20(23(24,25)26)16-9-15(7-8-18(16)29-21)14-5-3-2-4-6-14/h2-6,11,15H,7-9,12H2,1H3,(H,28,30,31)/t15-/m0/s1. The number of carbonyl (C=O) groups excluding carboxylic acids is 1. The highest BCUT2D eigenvalue weighted by Gasteiger charge is 2.41. The lowest BCUT2D eigenvalue weighted by atomic mass is 9.79. The number of alkyl halides is 3. The topological polar surface area (TPSA) is 91.8 Å². The van der Waals surface area contributed by atoms with Gasteiger partial charge in [0, 0.05) is 5.69 Å². The van der Waals surface area contributed by atoms with Crippen molar-refractivity contribution >= 4 is 23.7 Å². The van der Waals surface area contributed by atoms with Gasteiger partial charge >= 0.3 is 12.2 Å². The summed E-state index contributed by atoms with van der Waals surface area (Å²) in [5.41, 5.74) is 0.459. The maximum Gasteiger partial charge on any atom is 0.418 e. The number of aromatic nitrogens is 2. The van der Waals surface area contributed by atoms with Crippen LogP contribution in [0.1, 0.15) is 46.0 Å². The number of hydrogen-bond donors (Lipinski definition) is 1. The summed E-state index contributed by atoms with van der Waals surface area (Å²) in [6.45, 7) is 1.69. The van der Waals surface area contributed by atoms with Gasteiger partial charge in [0.05, 0.1) is 22.6 Å². The Morgan fingerprint density at radius 1 is 1.30 bits per heavy atom. The van der Waals surface area contributed by atoms with Gasteiger partial charge in [-0.05, 0) is 43.2 Å². The minimum atomic E-state index is -4.72. The molecule has 1 N–H and O–H groups in total. The lowest BCUT2D eigenvalue weighted by molar-refractivity contribution is -0.138. The van der Waals surface area contributed by atoms with Crippen LogP contribution in [0.4, 0.5) is 19.2 Å². The summed E-state index contributed by atoms with van der Waals surface area (Å²) in [6, 6.07) is 11.1. The van der Waals surface area contributed by atoms with Gasteiger partial charge < -0.3 is 4.42 Å². The number of nitrogens with zero attached hydrogens (tertiary/aromatic N) is 3.